The Hall–Kier alpha value is -3.48. The van der Waals surface area contributed by atoms with Crippen molar-refractivity contribution in [3.63, 3.8) is 0 Å². The van der Waals surface area contributed by atoms with Crippen LogP contribution in [0, 0.1) is 5.92 Å². The van der Waals surface area contributed by atoms with E-state index in [0.717, 1.165) is 37.4 Å². The van der Waals surface area contributed by atoms with Crippen LogP contribution in [0.5, 0.6) is 0 Å². The lowest BCUT2D eigenvalue weighted by Crippen LogP contribution is -2.61. The van der Waals surface area contributed by atoms with Crippen molar-refractivity contribution in [1.29, 1.82) is 0 Å². The van der Waals surface area contributed by atoms with Gasteiger partial charge in [0.25, 0.3) is 0 Å². The van der Waals surface area contributed by atoms with Crippen LogP contribution >= 0.6 is 0 Å². The van der Waals surface area contributed by atoms with Gasteiger partial charge in [-0.05, 0) is 29.7 Å². The molecule has 152 valence electrons. The molecule has 3 aromatic rings. The van der Waals surface area contributed by atoms with Crippen LogP contribution in [0.15, 0.2) is 67.4 Å². The van der Waals surface area contributed by atoms with E-state index < -0.39 is 0 Å². The highest BCUT2D eigenvalue weighted by atomic mass is 16.1. The van der Waals surface area contributed by atoms with E-state index in [1.807, 2.05) is 12.1 Å². The molecule has 2 aromatic heterocycles. The molecule has 2 aliphatic rings. The second kappa shape index (κ2) is 8.10. The van der Waals surface area contributed by atoms with Gasteiger partial charge in [-0.1, -0.05) is 24.3 Å². The molecule has 5 rings (SSSR count). The molecule has 7 nitrogen and oxygen atoms in total. The SMILES string of the molecule is O=C(NCc1cccnc1)C1Cc2ccccc2N2CCN(c3cnccn3)CC12. The number of carbonyl (C=O) groups excluding carboxylic acids is 1. The summed E-state index contributed by atoms with van der Waals surface area (Å²) in [5, 5.41) is 3.14. The topological polar surface area (TPSA) is 74.2 Å². The smallest absolute Gasteiger partial charge is 0.225 e. The zero-order valence-corrected chi connectivity index (χ0v) is 16.7. The van der Waals surface area contributed by atoms with Crippen LogP contribution in [0.25, 0.3) is 0 Å². The summed E-state index contributed by atoms with van der Waals surface area (Å²) in [6.07, 6.45) is 9.47. The number of para-hydroxylation sites is 1. The van der Waals surface area contributed by atoms with Crippen LogP contribution in [-0.2, 0) is 17.8 Å². The predicted octanol–water partition coefficient (Wildman–Crippen LogP) is 2.06. The van der Waals surface area contributed by atoms with Crippen molar-refractivity contribution < 1.29 is 4.79 Å². The average Bonchev–Trinajstić information content (AvgIpc) is 2.83. The summed E-state index contributed by atoms with van der Waals surface area (Å²) in [4.78, 5) is 30.7. The quantitative estimate of drug-likeness (QED) is 0.723. The minimum atomic E-state index is -0.129. The van der Waals surface area contributed by atoms with Gasteiger partial charge in [0, 0.05) is 56.7 Å². The molecule has 1 saturated heterocycles. The molecular weight excluding hydrogens is 376 g/mol. The van der Waals surface area contributed by atoms with E-state index in [2.05, 4.69) is 54.3 Å². The average molecular weight is 400 g/mol. The maximum absolute atomic E-state index is 13.3. The Morgan fingerprint density at radius 3 is 2.77 bits per heavy atom. The number of anilines is 2. The molecular formula is C23H24N6O. The maximum Gasteiger partial charge on any atom is 0.225 e. The van der Waals surface area contributed by atoms with Crippen LogP contribution < -0.4 is 15.1 Å². The number of hydrogen-bond donors (Lipinski definition) is 1. The fourth-order valence-corrected chi connectivity index (χ4v) is 4.54. The molecule has 4 heterocycles. The van der Waals surface area contributed by atoms with Gasteiger partial charge >= 0.3 is 0 Å². The van der Waals surface area contributed by atoms with Crippen LogP contribution in [0.3, 0.4) is 0 Å². The normalized spacial score (nSPS) is 20.3. The molecule has 0 aliphatic carbocycles. The number of rotatable bonds is 4. The minimum Gasteiger partial charge on any atom is -0.364 e. The largest absolute Gasteiger partial charge is 0.364 e. The summed E-state index contributed by atoms with van der Waals surface area (Å²) in [6, 6.07) is 12.4. The third kappa shape index (κ3) is 3.58. The molecule has 1 N–H and O–H groups in total. The third-order valence-electron chi connectivity index (χ3n) is 6.02. The zero-order valence-electron chi connectivity index (χ0n) is 16.7. The summed E-state index contributed by atoms with van der Waals surface area (Å²) in [5.74, 6) is 0.825. The minimum absolute atomic E-state index is 0.0874. The van der Waals surface area contributed by atoms with Gasteiger partial charge in [0.2, 0.25) is 5.91 Å². The van der Waals surface area contributed by atoms with Crippen molar-refractivity contribution in [2.75, 3.05) is 29.4 Å². The first-order valence-electron chi connectivity index (χ1n) is 10.3. The Morgan fingerprint density at radius 1 is 1.03 bits per heavy atom. The second-order valence-electron chi connectivity index (χ2n) is 7.79. The standard InChI is InChI=1S/C23H24N6O/c30-23(27-14-17-4-3-7-24-13-17)19-12-18-5-1-2-6-20(18)29-11-10-28(16-21(19)29)22-15-25-8-9-26-22/h1-9,13,15,19,21H,10-12,14,16H2,(H,27,30). The summed E-state index contributed by atoms with van der Waals surface area (Å²) in [6.45, 7) is 2.95. The predicted molar refractivity (Wildman–Crippen MR) is 115 cm³/mol. The molecule has 0 radical (unpaired) electrons. The molecule has 0 bridgehead atoms. The third-order valence-corrected chi connectivity index (χ3v) is 6.02. The molecule has 1 amide bonds. The molecule has 0 spiro atoms. The number of aromatic nitrogens is 3. The highest BCUT2D eigenvalue weighted by Gasteiger charge is 2.41. The molecule has 1 aromatic carbocycles. The van der Waals surface area contributed by atoms with Crippen molar-refractivity contribution in [2.24, 2.45) is 5.92 Å². The number of piperazine rings is 1. The fourth-order valence-electron chi connectivity index (χ4n) is 4.54. The van der Waals surface area contributed by atoms with Gasteiger partial charge < -0.3 is 15.1 Å². The number of amides is 1. The molecule has 1 fully saturated rings. The summed E-state index contributed by atoms with van der Waals surface area (Å²) < 4.78 is 0. The Bertz CT molecular complexity index is 1010. The van der Waals surface area contributed by atoms with Crippen molar-refractivity contribution in [3.8, 4) is 0 Å². The van der Waals surface area contributed by atoms with E-state index in [9.17, 15) is 4.79 Å². The Kier molecular flexibility index (Phi) is 5.01. The number of hydrogen-bond acceptors (Lipinski definition) is 6. The molecule has 2 aliphatic heterocycles. The van der Waals surface area contributed by atoms with E-state index in [4.69, 9.17) is 0 Å². The molecule has 30 heavy (non-hydrogen) atoms. The highest BCUT2D eigenvalue weighted by Crippen LogP contribution is 2.36. The fraction of sp³-hybridized carbons (Fsp3) is 0.304. The molecule has 0 saturated carbocycles. The molecule has 2 atom stereocenters. The van der Waals surface area contributed by atoms with Gasteiger partial charge in [-0.2, -0.15) is 0 Å². The van der Waals surface area contributed by atoms with Crippen LogP contribution in [0.2, 0.25) is 0 Å². The first-order chi connectivity index (χ1) is 14.8. The Labute approximate surface area is 175 Å². The van der Waals surface area contributed by atoms with Gasteiger partial charge in [0.1, 0.15) is 5.82 Å². The summed E-state index contributed by atoms with van der Waals surface area (Å²) in [7, 11) is 0. The number of carbonyl (C=O) groups is 1. The van der Waals surface area contributed by atoms with E-state index in [0.29, 0.717) is 6.54 Å². The van der Waals surface area contributed by atoms with Crippen molar-refractivity contribution >= 4 is 17.4 Å². The second-order valence-corrected chi connectivity index (χ2v) is 7.79. The summed E-state index contributed by atoms with van der Waals surface area (Å²) in [5.41, 5.74) is 3.49. The van der Waals surface area contributed by atoms with Gasteiger partial charge in [-0.25, -0.2) is 4.98 Å². The van der Waals surface area contributed by atoms with Gasteiger partial charge in [0.15, 0.2) is 0 Å². The van der Waals surface area contributed by atoms with Crippen LogP contribution in [0.1, 0.15) is 11.1 Å². The lowest BCUT2D eigenvalue weighted by molar-refractivity contribution is -0.126. The van der Waals surface area contributed by atoms with E-state index >= 15 is 0 Å². The van der Waals surface area contributed by atoms with Crippen LogP contribution in [0.4, 0.5) is 11.5 Å². The Morgan fingerprint density at radius 2 is 1.93 bits per heavy atom. The molecule has 2 unspecified atom stereocenters. The number of pyridine rings is 1. The number of nitrogens with one attached hydrogen (secondary N) is 1. The molecule has 7 heteroatoms. The first kappa shape index (κ1) is 18.5. The summed E-state index contributed by atoms with van der Waals surface area (Å²) >= 11 is 0. The number of fused-ring (bicyclic) bond motifs is 3. The van der Waals surface area contributed by atoms with Crippen molar-refractivity contribution in [3.05, 3.63) is 78.5 Å². The van der Waals surface area contributed by atoms with Crippen LogP contribution in [-0.4, -0.2) is 46.5 Å². The number of nitrogens with zero attached hydrogens (tertiary/aromatic N) is 5. The van der Waals surface area contributed by atoms with Crippen molar-refractivity contribution in [1.82, 2.24) is 20.3 Å². The zero-order chi connectivity index (χ0) is 20.3. The van der Waals surface area contributed by atoms with E-state index in [-0.39, 0.29) is 17.9 Å². The highest BCUT2D eigenvalue weighted by molar-refractivity contribution is 5.82. The van der Waals surface area contributed by atoms with Gasteiger partial charge in [0.05, 0.1) is 18.2 Å². The lowest BCUT2D eigenvalue weighted by atomic mass is 9.83. The van der Waals surface area contributed by atoms with Gasteiger partial charge in [-0.3, -0.25) is 14.8 Å². The first-order valence-corrected chi connectivity index (χ1v) is 10.3. The monoisotopic (exact) mass is 400 g/mol. The maximum atomic E-state index is 13.3. The van der Waals surface area contributed by atoms with E-state index in [1.165, 1.54) is 11.3 Å². The Balaban J connectivity index is 1.39. The van der Waals surface area contributed by atoms with Gasteiger partial charge in [-0.15, -0.1) is 0 Å². The number of benzene rings is 1. The van der Waals surface area contributed by atoms with Crippen molar-refractivity contribution in [2.45, 2.75) is 19.0 Å². The lowest BCUT2D eigenvalue weighted by Gasteiger charge is -2.49. The van der Waals surface area contributed by atoms with E-state index in [1.54, 1.807) is 31.0 Å².